The first-order valence-electron chi connectivity index (χ1n) is 11.1. The second-order valence-corrected chi connectivity index (χ2v) is 9.95. The van der Waals surface area contributed by atoms with Gasteiger partial charge in [0.25, 0.3) is 11.6 Å². The lowest BCUT2D eigenvalue weighted by Crippen LogP contribution is -2.57. The average Bonchev–Trinajstić information content (AvgIpc) is 3.24. The van der Waals surface area contributed by atoms with Gasteiger partial charge in [0.05, 0.1) is 4.92 Å². The van der Waals surface area contributed by atoms with Crippen LogP contribution < -0.4 is 15.5 Å². The average molecular weight is 429 g/mol. The van der Waals surface area contributed by atoms with Gasteiger partial charge in [0.15, 0.2) is 5.11 Å². The molecule has 6 rings (SSSR count). The molecule has 0 unspecified atom stereocenters. The number of anilines is 1. The van der Waals surface area contributed by atoms with Crippen LogP contribution in [0.5, 0.6) is 0 Å². The van der Waals surface area contributed by atoms with E-state index in [9.17, 15) is 14.9 Å². The van der Waals surface area contributed by atoms with Crippen molar-refractivity contribution in [2.75, 3.05) is 18.0 Å². The minimum absolute atomic E-state index is 0.0236. The van der Waals surface area contributed by atoms with Crippen molar-refractivity contribution < 1.29 is 9.72 Å². The normalized spacial score (nSPS) is 31.6. The fraction of sp³-hybridized carbons (Fsp3) is 0.636. The standard InChI is InChI=1S/C22H28N4O3S/c27-21(15-3-4-18(19(12-15)26(28)29)25-5-1-2-6-25)24-22(30)23-20-16-8-13-7-14(10-16)11-17(20)9-13/h3-4,12-14,16-17,20H,1-2,5-11H2,(H2,23,24,27,30). The molecule has 1 saturated heterocycles. The lowest BCUT2D eigenvalue weighted by Gasteiger charge is -2.54. The van der Waals surface area contributed by atoms with Gasteiger partial charge < -0.3 is 10.2 Å². The van der Waals surface area contributed by atoms with E-state index in [1.54, 1.807) is 12.1 Å². The van der Waals surface area contributed by atoms with Crippen molar-refractivity contribution in [3.63, 3.8) is 0 Å². The molecule has 0 radical (unpaired) electrons. The Morgan fingerprint density at radius 2 is 1.70 bits per heavy atom. The van der Waals surface area contributed by atoms with Crippen LogP contribution in [-0.4, -0.2) is 35.1 Å². The summed E-state index contributed by atoms with van der Waals surface area (Å²) in [6.07, 6.45) is 8.54. The molecule has 0 atom stereocenters. The summed E-state index contributed by atoms with van der Waals surface area (Å²) in [6.45, 7) is 1.62. The summed E-state index contributed by atoms with van der Waals surface area (Å²) in [5.41, 5.74) is 0.826. The third-order valence-electron chi connectivity index (χ3n) is 7.63. The van der Waals surface area contributed by atoms with Crippen molar-refractivity contribution >= 4 is 34.6 Å². The zero-order chi connectivity index (χ0) is 20.8. The summed E-state index contributed by atoms with van der Waals surface area (Å²) < 4.78 is 0. The van der Waals surface area contributed by atoms with E-state index in [0.29, 0.717) is 28.7 Å². The first-order valence-corrected chi connectivity index (χ1v) is 11.5. The highest BCUT2D eigenvalue weighted by atomic mass is 32.1. The Labute approximate surface area is 181 Å². The molecule has 8 heteroatoms. The third-order valence-corrected chi connectivity index (χ3v) is 7.85. The van der Waals surface area contributed by atoms with Gasteiger partial charge in [-0.3, -0.25) is 20.2 Å². The molecule has 30 heavy (non-hydrogen) atoms. The molecular formula is C22H28N4O3S. The number of nitro groups is 1. The molecule has 1 heterocycles. The molecule has 2 N–H and O–H groups in total. The second-order valence-electron chi connectivity index (χ2n) is 9.54. The van der Waals surface area contributed by atoms with Crippen molar-refractivity contribution in [3.05, 3.63) is 33.9 Å². The van der Waals surface area contributed by atoms with Crippen molar-refractivity contribution in [2.45, 2.75) is 51.0 Å². The molecule has 0 aromatic heterocycles. The van der Waals surface area contributed by atoms with E-state index in [0.717, 1.165) is 37.8 Å². The van der Waals surface area contributed by atoms with Crippen LogP contribution in [0.1, 0.15) is 55.3 Å². The zero-order valence-electron chi connectivity index (χ0n) is 17.0. The number of hydrogen-bond donors (Lipinski definition) is 2. The Morgan fingerprint density at radius 3 is 2.30 bits per heavy atom. The van der Waals surface area contributed by atoms with Gasteiger partial charge >= 0.3 is 0 Å². The first-order chi connectivity index (χ1) is 14.5. The Hall–Kier alpha value is -2.22. The maximum atomic E-state index is 12.7. The number of rotatable bonds is 4. The molecule has 0 spiro atoms. The lowest BCUT2D eigenvalue weighted by molar-refractivity contribution is -0.384. The van der Waals surface area contributed by atoms with Crippen LogP contribution in [0.2, 0.25) is 0 Å². The van der Waals surface area contributed by atoms with Crippen molar-refractivity contribution in [2.24, 2.45) is 23.7 Å². The van der Waals surface area contributed by atoms with E-state index < -0.39 is 10.8 Å². The maximum absolute atomic E-state index is 12.7. The van der Waals surface area contributed by atoms with Crippen LogP contribution in [-0.2, 0) is 0 Å². The zero-order valence-corrected chi connectivity index (χ0v) is 17.8. The van der Waals surface area contributed by atoms with Crippen LogP contribution in [0.4, 0.5) is 11.4 Å². The topological polar surface area (TPSA) is 87.5 Å². The third kappa shape index (κ3) is 3.66. The number of carbonyl (C=O) groups is 1. The van der Waals surface area contributed by atoms with E-state index in [2.05, 4.69) is 10.6 Å². The molecule has 1 aliphatic heterocycles. The summed E-state index contributed by atoms with van der Waals surface area (Å²) in [4.78, 5) is 25.9. The van der Waals surface area contributed by atoms with Crippen LogP contribution >= 0.6 is 12.2 Å². The van der Waals surface area contributed by atoms with E-state index in [1.165, 1.54) is 38.2 Å². The molecule has 7 nitrogen and oxygen atoms in total. The van der Waals surface area contributed by atoms with Gasteiger partial charge in [-0.2, -0.15) is 0 Å². The van der Waals surface area contributed by atoms with Crippen LogP contribution in [0, 0.1) is 33.8 Å². The fourth-order valence-electron chi connectivity index (χ4n) is 6.56. The smallest absolute Gasteiger partial charge is 0.293 e. The van der Waals surface area contributed by atoms with Crippen molar-refractivity contribution in [3.8, 4) is 0 Å². The second kappa shape index (κ2) is 7.80. The molecule has 160 valence electrons. The molecule has 1 aromatic rings. The number of carbonyl (C=O) groups excluding carboxylic acids is 1. The highest BCUT2D eigenvalue weighted by Crippen LogP contribution is 2.53. The monoisotopic (exact) mass is 428 g/mol. The summed E-state index contributed by atoms with van der Waals surface area (Å²) in [5.74, 6) is 2.66. The molecule has 4 aliphatic carbocycles. The molecule has 1 aromatic carbocycles. The number of hydrogen-bond acceptors (Lipinski definition) is 5. The predicted octanol–water partition coefficient (Wildman–Crippen LogP) is 3.62. The molecule has 5 fully saturated rings. The van der Waals surface area contributed by atoms with Crippen LogP contribution in [0.25, 0.3) is 0 Å². The Balaban J connectivity index is 1.25. The quantitative estimate of drug-likeness (QED) is 0.433. The van der Waals surface area contributed by atoms with Crippen LogP contribution in [0.15, 0.2) is 18.2 Å². The molecule has 4 bridgehead atoms. The van der Waals surface area contributed by atoms with Gasteiger partial charge in [-0.1, -0.05) is 0 Å². The molecule has 1 amide bonds. The van der Waals surface area contributed by atoms with Gasteiger partial charge in [-0.25, -0.2) is 0 Å². The van der Waals surface area contributed by atoms with Crippen molar-refractivity contribution in [1.29, 1.82) is 0 Å². The minimum atomic E-state index is -0.407. The van der Waals surface area contributed by atoms with E-state index in [4.69, 9.17) is 12.2 Å². The number of thiocarbonyl (C=S) groups is 1. The Bertz CT molecular complexity index is 855. The number of nitrogens with one attached hydrogen (secondary N) is 2. The van der Waals surface area contributed by atoms with E-state index in [-0.39, 0.29) is 11.3 Å². The number of nitrogens with zero attached hydrogens (tertiary/aromatic N) is 2. The molecule has 5 aliphatic rings. The van der Waals surface area contributed by atoms with Gasteiger partial charge in [-0.15, -0.1) is 0 Å². The van der Waals surface area contributed by atoms with Gasteiger partial charge in [-0.05, 0) is 93.0 Å². The summed E-state index contributed by atoms with van der Waals surface area (Å²) in [7, 11) is 0. The van der Waals surface area contributed by atoms with E-state index in [1.807, 2.05) is 4.90 Å². The maximum Gasteiger partial charge on any atom is 0.293 e. The van der Waals surface area contributed by atoms with Gasteiger partial charge in [0.2, 0.25) is 0 Å². The van der Waals surface area contributed by atoms with Gasteiger partial charge in [0, 0.05) is 30.8 Å². The predicted molar refractivity (Wildman–Crippen MR) is 119 cm³/mol. The number of benzene rings is 1. The van der Waals surface area contributed by atoms with Gasteiger partial charge in [0.1, 0.15) is 5.69 Å². The summed E-state index contributed by atoms with van der Waals surface area (Å²) >= 11 is 5.44. The lowest BCUT2D eigenvalue weighted by atomic mass is 9.54. The number of amides is 1. The fourth-order valence-corrected chi connectivity index (χ4v) is 6.79. The summed E-state index contributed by atoms with van der Waals surface area (Å²) in [5, 5.41) is 18.1. The highest BCUT2D eigenvalue weighted by molar-refractivity contribution is 7.80. The highest BCUT2D eigenvalue weighted by Gasteiger charge is 2.48. The molecular weight excluding hydrogens is 400 g/mol. The first kappa shape index (κ1) is 19.7. The largest absolute Gasteiger partial charge is 0.366 e. The minimum Gasteiger partial charge on any atom is -0.366 e. The van der Waals surface area contributed by atoms with Crippen LogP contribution in [0.3, 0.4) is 0 Å². The summed E-state index contributed by atoms with van der Waals surface area (Å²) in [6, 6.07) is 5.06. The van der Waals surface area contributed by atoms with Crippen molar-refractivity contribution in [1.82, 2.24) is 10.6 Å². The van der Waals surface area contributed by atoms with E-state index >= 15 is 0 Å². The molecule has 4 saturated carbocycles. The number of nitro benzene ring substituents is 1. The Kier molecular flexibility index (Phi) is 5.13. The Morgan fingerprint density at radius 1 is 1.07 bits per heavy atom. The SMILES string of the molecule is O=C(NC(=S)NC1C2CC3CC(C2)CC1C3)c1ccc(N2CCCC2)c([N+](=O)[O-])c1.